The van der Waals surface area contributed by atoms with Gasteiger partial charge in [-0.15, -0.1) is 0 Å². The molecule has 0 unspecified atom stereocenters. The zero-order valence-electron chi connectivity index (χ0n) is 9.02. The van der Waals surface area contributed by atoms with Gasteiger partial charge in [0.25, 0.3) is 0 Å². The van der Waals surface area contributed by atoms with Crippen LogP contribution < -0.4 is 4.18 Å². The molecule has 0 saturated carbocycles. The Bertz CT molecular complexity index is 690. The predicted octanol–water partition coefficient (Wildman–Crippen LogP) is 1.26. The van der Waals surface area contributed by atoms with E-state index in [4.69, 9.17) is 0 Å². The fourth-order valence-corrected chi connectivity index (χ4v) is 1.97. The number of hydrogen-bond acceptors (Lipinski definition) is 5. The van der Waals surface area contributed by atoms with E-state index in [1.165, 1.54) is 6.07 Å². The van der Waals surface area contributed by atoms with Gasteiger partial charge in [-0.25, -0.2) is 12.8 Å². The van der Waals surface area contributed by atoms with Crippen LogP contribution in [0, 0.1) is 11.9 Å². The molecule has 0 aliphatic carbocycles. The first kappa shape index (κ1) is 15.7. The van der Waals surface area contributed by atoms with Crippen LogP contribution in [-0.2, 0) is 20.0 Å². The molecule has 0 aromatic heterocycles. The second-order valence-electron chi connectivity index (χ2n) is 3.28. The Labute approximate surface area is 105 Å². The molecule has 0 heterocycles. The van der Waals surface area contributed by atoms with E-state index in [0.717, 1.165) is 0 Å². The van der Waals surface area contributed by atoms with Gasteiger partial charge in [0.1, 0.15) is 5.82 Å². The molecular weight excluding hydrogens is 316 g/mol. The molecule has 0 fully saturated rings. The average molecular weight is 321 g/mol. The highest BCUT2D eigenvalue weighted by Gasteiger charge is 2.48. The van der Waals surface area contributed by atoms with E-state index >= 15 is 0 Å². The van der Waals surface area contributed by atoms with Gasteiger partial charge in [-0.05, 0) is 6.07 Å². The summed E-state index contributed by atoms with van der Waals surface area (Å²) in [6.07, 6.45) is 0.657. The number of sulfone groups is 1. The first-order valence-corrected chi connectivity index (χ1v) is 7.56. The Morgan fingerprint density at radius 1 is 1.16 bits per heavy atom. The molecule has 0 bridgehead atoms. The fourth-order valence-electron chi connectivity index (χ4n) is 0.910. The fraction of sp³-hybridized carbons (Fsp3) is 0.250. The lowest BCUT2D eigenvalue weighted by Gasteiger charge is -2.09. The quantitative estimate of drug-likeness (QED) is 0.476. The second kappa shape index (κ2) is 4.63. The highest BCUT2D eigenvalue weighted by atomic mass is 32.2. The molecule has 0 saturated heterocycles. The minimum Gasteiger partial charge on any atom is -0.375 e. The van der Waals surface area contributed by atoms with Crippen molar-refractivity contribution < 1.29 is 38.6 Å². The van der Waals surface area contributed by atoms with Crippen molar-refractivity contribution >= 4 is 20.0 Å². The summed E-state index contributed by atoms with van der Waals surface area (Å²) in [4.78, 5) is -0.740. The maximum atomic E-state index is 13.0. The van der Waals surface area contributed by atoms with Crippen molar-refractivity contribution in [3.63, 3.8) is 0 Å². The van der Waals surface area contributed by atoms with Crippen LogP contribution in [0.15, 0.2) is 17.0 Å². The molecular formula is C8H5F4O5S2. The van der Waals surface area contributed by atoms with Crippen molar-refractivity contribution in [2.45, 2.75) is 10.4 Å². The van der Waals surface area contributed by atoms with Crippen molar-refractivity contribution in [2.75, 3.05) is 6.26 Å². The number of hydrogen-bond donors (Lipinski definition) is 0. The van der Waals surface area contributed by atoms with E-state index < -0.39 is 41.9 Å². The molecule has 1 aromatic carbocycles. The van der Waals surface area contributed by atoms with Crippen LogP contribution in [0.3, 0.4) is 0 Å². The molecule has 0 aliphatic heterocycles. The van der Waals surface area contributed by atoms with Gasteiger partial charge in [0.05, 0.1) is 11.0 Å². The molecule has 0 spiro atoms. The first-order chi connectivity index (χ1) is 8.33. The third-order valence-corrected chi connectivity index (χ3v) is 3.75. The lowest BCUT2D eigenvalue weighted by Crippen LogP contribution is -2.28. The number of benzene rings is 1. The summed E-state index contributed by atoms with van der Waals surface area (Å²) in [5, 5.41) is 0. The van der Waals surface area contributed by atoms with Gasteiger partial charge in [-0.2, -0.15) is 21.6 Å². The van der Waals surface area contributed by atoms with Gasteiger partial charge in [0.2, 0.25) is 0 Å². The van der Waals surface area contributed by atoms with Crippen LogP contribution in [0.1, 0.15) is 0 Å². The average Bonchev–Trinajstić information content (AvgIpc) is 2.12. The molecule has 1 radical (unpaired) electrons. The van der Waals surface area contributed by atoms with Gasteiger partial charge >= 0.3 is 15.6 Å². The van der Waals surface area contributed by atoms with Crippen molar-refractivity contribution in [2.24, 2.45) is 0 Å². The number of rotatable bonds is 3. The van der Waals surface area contributed by atoms with Crippen molar-refractivity contribution in [3.8, 4) is 5.75 Å². The van der Waals surface area contributed by atoms with E-state index in [9.17, 15) is 34.4 Å². The minimum absolute atomic E-state index is 0.418. The minimum atomic E-state index is -6.02. The van der Waals surface area contributed by atoms with Gasteiger partial charge in [0.15, 0.2) is 15.6 Å². The first-order valence-electron chi connectivity index (χ1n) is 4.26. The zero-order valence-corrected chi connectivity index (χ0v) is 10.7. The van der Waals surface area contributed by atoms with E-state index in [1.54, 1.807) is 0 Å². The Morgan fingerprint density at radius 3 is 2.11 bits per heavy atom. The monoisotopic (exact) mass is 321 g/mol. The molecule has 1 rings (SSSR count). The highest BCUT2D eigenvalue weighted by molar-refractivity contribution is 7.90. The normalized spacial score (nSPS) is 13.3. The van der Waals surface area contributed by atoms with Crippen molar-refractivity contribution in [1.29, 1.82) is 0 Å². The van der Waals surface area contributed by atoms with Crippen LogP contribution in [0.2, 0.25) is 0 Å². The van der Waals surface area contributed by atoms with E-state index in [1.807, 2.05) is 0 Å². The molecule has 0 aliphatic rings. The summed E-state index contributed by atoms with van der Waals surface area (Å²) in [5.74, 6) is -2.59. The highest BCUT2D eigenvalue weighted by Crippen LogP contribution is 2.28. The zero-order chi connectivity index (χ0) is 15.1. The van der Waals surface area contributed by atoms with Crippen LogP contribution in [-0.4, -0.2) is 28.6 Å². The molecule has 0 amide bonds. The molecule has 0 N–H and O–H groups in total. The van der Waals surface area contributed by atoms with E-state index in [0.29, 0.717) is 18.4 Å². The van der Waals surface area contributed by atoms with Gasteiger partial charge < -0.3 is 4.18 Å². The van der Waals surface area contributed by atoms with Crippen molar-refractivity contribution in [3.05, 3.63) is 24.0 Å². The molecule has 0 atom stereocenters. The molecule has 5 nitrogen and oxygen atoms in total. The van der Waals surface area contributed by atoms with Crippen molar-refractivity contribution in [1.82, 2.24) is 0 Å². The van der Waals surface area contributed by atoms with Crippen LogP contribution in [0.4, 0.5) is 17.6 Å². The molecule has 1 aromatic rings. The Morgan fingerprint density at radius 2 is 1.68 bits per heavy atom. The molecule has 19 heavy (non-hydrogen) atoms. The topological polar surface area (TPSA) is 77.5 Å². The number of alkyl halides is 3. The van der Waals surface area contributed by atoms with Gasteiger partial charge in [0, 0.05) is 12.3 Å². The summed E-state index contributed by atoms with van der Waals surface area (Å²) >= 11 is 0. The Hall–Kier alpha value is -1.36. The Kier molecular flexibility index (Phi) is 3.83. The Balaban J connectivity index is 3.29. The SMILES string of the molecule is CS(=O)(=O)c1cc(F)[c]c(OS(=O)(=O)C(F)(F)F)c1. The summed E-state index contributed by atoms with van der Waals surface area (Å²) in [6, 6.07) is 2.39. The number of halogens is 4. The summed E-state index contributed by atoms with van der Waals surface area (Å²) in [7, 11) is -9.98. The van der Waals surface area contributed by atoms with E-state index in [2.05, 4.69) is 4.18 Å². The van der Waals surface area contributed by atoms with Crippen LogP contribution >= 0.6 is 0 Å². The van der Waals surface area contributed by atoms with Gasteiger partial charge in [-0.3, -0.25) is 0 Å². The standard InChI is InChI=1S/C8H5F4O5S2/c1-18(13,14)7-3-5(9)2-6(4-7)17-19(15,16)8(10,11)12/h3-4H,1H3. The van der Waals surface area contributed by atoms with Gasteiger partial charge in [-0.1, -0.05) is 0 Å². The lowest BCUT2D eigenvalue weighted by atomic mass is 10.3. The van der Waals surface area contributed by atoms with Crippen LogP contribution in [0.5, 0.6) is 5.75 Å². The largest absolute Gasteiger partial charge is 0.534 e. The third-order valence-electron chi connectivity index (χ3n) is 1.70. The maximum Gasteiger partial charge on any atom is 0.534 e. The predicted molar refractivity (Wildman–Crippen MR) is 53.9 cm³/mol. The summed E-state index contributed by atoms with van der Waals surface area (Å²) in [5.41, 5.74) is -5.72. The molecule has 11 heteroatoms. The maximum absolute atomic E-state index is 13.0. The second-order valence-corrected chi connectivity index (χ2v) is 6.84. The van der Waals surface area contributed by atoms with E-state index in [-0.39, 0.29) is 0 Å². The summed E-state index contributed by atoms with van der Waals surface area (Å²) < 4.78 is 96.1. The lowest BCUT2D eigenvalue weighted by molar-refractivity contribution is -0.0500. The smallest absolute Gasteiger partial charge is 0.375 e. The summed E-state index contributed by atoms with van der Waals surface area (Å²) in [6.45, 7) is 0. The van der Waals surface area contributed by atoms with Crippen LogP contribution in [0.25, 0.3) is 0 Å². The molecule has 107 valence electrons. The third kappa shape index (κ3) is 3.80.